The van der Waals surface area contributed by atoms with E-state index in [4.69, 9.17) is 18.0 Å². The van der Waals surface area contributed by atoms with Crippen LogP contribution in [0.2, 0.25) is 5.02 Å². The predicted octanol–water partition coefficient (Wildman–Crippen LogP) is 3.50. The van der Waals surface area contributed by atoms with Crippen LogP contribution in [0.4, 0.5) is 0 Å². The van der Waals surface area contributed by atoms with Gasteiger partial charge in [0.2, 0.25) is 5.78 Å². The lowest BCUT2D eigenvalue weighted by Crippen LogP contribution is -2.23. The van der Waals surface area contributed by atoms with Crippen molar-refractivity contribution in [2.45, 2.75) is 6.92 Å². The number of carbonyl (C=O) groups excluding carboxylic acids is 2. The smallest absolute Gasteiger partial charge is 0.254 e. The number of fused-ring (bicyclic) bond motifs is 1. The van der Waals surface area contributed by atoms with E-state index in [2.05, 4.69) is 11.2 Å². The van der Waals surface area contributed by atoms with Crippen molar-refractivity contribution in [1.82, 2.24) is 9.72 Å². The molecule has 1 N–H and O–H groups in total. The maximum absolute atomic E-state index is 12.9. The van der Waals surface area contributed by atoms with Crippen LogP contribution in [0.5, 0.6) is 0 Å². The minimum absolute atomic E-state index is 0.127. The zero-order valence-electron chi connectivity index (χ0n) is 13.5. The molecule has 4 nitrogen and oxygen atoms in total. The molecule has 3 rings (SSSR count). The van der Waals surface area contributed by atoms with Gasteiger partial charge in [0.1, 0.15) is 0 Å². The van der Waals surface area contributed by atoms with Gasteiger partial charge in [0.15, 0.2) is 0 Å². The summed E-state index contributed by atoms with van der Waals surface area (Å²) in [6, 6.07) is 13.8. The monoisotopic (exact) mass is 350 g/mol. The number of nitrogens with one attached hydrogen (secondary N) is 1. The van der Waals surface area contributed by atoms with Gasteiger partial charge in [0.25, 0.3) is 5.91 Å². The Morgan fingerprint density at radius 1 is 1.20 bits per heavy atom. The van der Waals surface area contributed by atoms with Gasteiger partial charge in [0.05, 0.1) is 23.3 Å². The number of halogens is 1. The summed E-state index contributed by atoms with van der Waals surface area (Å²) < 4.78 is 1.78. The van der Waals surface area contributed by atoms with Crippen LogP contribution in [-0.4, -0.2) is 22.6 Å². The number of rotatable bonds is 4. The molecule has 124 valence electrons. The van der Waals surface area contributed by atoms with E-state index in [9.17, 15) is 9.59 Å². The number of amides is 1. The van der Waals surface area contributed by atoms with Gasteiger partial charge in [-0.15, -0.1) is 6.42 Å². The Balaban J connectivity index is 2.15. The molecule has 0 atom stereocenters. The summed E-state index contributed by atoms with van der Waals surface area (Å²) in [6.45, 7) is 2.01. The standard InChI is InChI=1S/C20H15ClN2O2/c1-3-11-22-20(25)16-12-18(23-13(2)5-4-6-17(16)23)19(24)14-7-9-15(21)10-8-14/h1,4-10,12H,11H2,2H3,(H,22,25). The first-order valence-corrected chi connectivity index (χ1v) is 8.03. The highest BCUT2D eigenvalue weighted by atomic mass is 35.5. The quantitative estimate of drug-likeness (QED) is 0.578. The molecule has 1 amide bonds. The highest BCUT2D eigenvalue weighted by molar-refractivity contribution is 6.30. The van der Waals surface area contributed by atoms with Gasteiger partial charge in [-0.25, -0.2) is 0 Å². The number of aromatic nitrogens is 1. The van der Waals surface area contributed by atoms with Gasteiger partial charge in [0, 0.05) is 16.3 Å². The zero-order valence-corrected chi connectivity index (χ0v) is 14.3. The molecule has 1 aromatic carbocycles. The highest BCUT2D eigenvalue weighted by Crippen LogP contribution is 2.22. The first-order chi connectivity index (χ1) is 12.0. The Kier molecular flexibility index (Phi) is 4.60. The van der Waals surface area contributed by atoms with E-state index in [-0.39, 0.29) is 18.2 Å². The minimum Gasteiger partial charge on any atom is -0.341 e. The first-order valence-electron chi connectivity index (χ1n) is 7.66. The molecule has 0 aliphatic rings. The average molecular weight is 351 g/mol. The highest BCUT2D eigenvalue weighted by Gasteiger charge is 2.21. The number of aryl methyl sites for hydroxylation is 1. The largest absolute Gasteiger partial charge is 0.341 e. The van der Waals surface area contributed by atoms with E-state index in [0.717, 1.165) is 5.69 Å². The van der Waals surface area contributed by atoms with E-state index in [1.807, 2.05) is 19.1 Å². The Morgan fingerprint density at radius 2 is 1.92 bits per heavy atom. The van der Waals surface area contributed by atoms with Crippen LogP contribution in [0, 0.1) is 19.3 Å². The number of terminal acetylenes is 1. The third-order valence-corrected chi connectivity index (χ3v) is 4.17. The fourth-order valence-corrected chi connectivity index (χ4v) is 2.87. The SMILES string of the molecule is C#CCNC(=O)c1cc(C(=O)c2ccc(Cl)cc2)n2c(C)cccc12. The van der Waals surface area contributed by atoms with Crippen LogP contribution in [0.15, 0.2) is 48.5 Å². The summed E-state index contributed by atoms with van der Waals surface area (Å²) in [6.07, 6.45) is 5.20. The van der Waals surface area contributed by atoms with Gasteiger partial charge in [-0.05, 0) is 49.4 Å². The topological polar surface area (TPSA) is 50.6 Å². The number of nitrogens with zero attached hydrogens (tertiary/aromatic N) is 1. The van der Waals surface area contributed by atoms with Crippen molar-refractivity contribution in [1.29, 1.82) is 0 Å². The number of carbonyl (C=O) groups is 2. The molecule has 2 aromatic heterocycles. The van der Waals surface area contributed by atoms with E-state index >= 15 is 0 Å². The molecule has 3 aromatic rings. The minimum atomic E-state index is -0.309. The van der Waals surface area contributed by atoms with Crippen molar-refractivity contribution < 1.29 is 9.59 Å². The predicted molar refractivity (Wildman–Crippen MR) is 98.2 cm³/mol. The summed E-state index contributed by atoms with van der Waals surface area (Å²) in [7, 11) is 0. The van der Waals surface area contributed by atoms with Crippen LogP contribution in [0.3, 0.4) is 0 Å². The lowest BCUT2D eigenvalue weighted by molar-refractivity contribution is 0.0960. The lowest BCUT2D eigenvalue weighted by atomic mass is 10.1. The fraction of sp³-hybridized carbons (Fsp3) is 0.100. The number of pyridine rings is 1. The number of hydrogen-bond donors (Lipinski definition) is 1. The molecule has 0 spiro atoms. The molecule has 0 aliphatic carbocycles. The number of hydrogen-bond acceptors (Lipinski definition) is 2. The van der Waals surface area contributed by atoms with Crippen molar-refractivity contribution in [3.05, 3.63) is 76.1 Å². The Labute approximate surface area is 150 Å². The third-order valence-electron chi connectivity index (χ3n) is 3.92. The van der Waals surface area contributed by atoms with Crippen LogP contribution >= 0.6 is 11.6 Å². The van der Waals surface area contributed by atoms with Gasteiger partial charge >= 0.3 is 0 Å². The summed E-state index contributed by atoms with van der Waals surface area (Å²) in [4.78, 5) is 25.3. The maximum Gasteiger partial charge on any atom is 0.254 e. The van der Waals surface area contributed by atoms with Gasteiger partial charge in [-0.2, -0.15) is 0 Å². The molecule has 0 unspecified atom stereocenters. The van der Waals surface area contributed by atoms with E-state index < -0.39 is 0 Å². The Morgan fingerprint density at radius 3 is 2.60 bits per heavy atom. The summed E-state index contributed by atoms with van der Waals surface area (Å²) in [5, 5.41) is 3.20. The van der Waals surface area contributed by atoms with Crippen LogP contribution in [-0.2, 0) is 0 Å². The average Bonchev–Trinajstić information content (AvgIpc) is 3.01. The second kappa shape index (κ2) is 6.84. The molecule has 5 heteroatoms. The molecule has 0 aliphatic heterocycles. The van der Waals surface area contributed by atoms with Crippen LogP contribution in [0.25, 0.3) is 5.52 Å². The van der Waals surface area contributed by atoms with Crippen molar-refractivity contribution in [2.75, 3.05) is 6.54 Å². The van der Waals surface area contributed by atoms with E-state index in [1.54, 1.807) is 40.8 Å². The summed E-state index contributed by atoms with van der Waals surface area (Å²) in [5.74, 6) is 1.88. The van der Waals surface area contributed by atoms with Crippen molar-refractivity contribution >= 4 is 28.8 Å². The molecular weight excluding hydrogens is 336 g/mol. The Bertz CT molecular complexity index is 1010. The Hall–Kier alpha value is -3.03. The van der Waals surface area contributed by atoms with Crippen LogP contribution in [0.1, 0.15) is 32.1 Å². The second-order valence-electron chi connectivity index (χ2n) is 5.55. The van der Waals surface area contributed by atoms with Gasteiger partial charge in [-0.1, -0.05) is 23.6 Å². The zero-order chi connectivity index (χ0) is 18.0. The van der Waals surface area contributed by atoms with Crippen LogP contribution < -0.4 is 5.32 Å². The summed E-state index contributed by atoms with van der Waals surface area (Å²) in [5.41, 5.74) is 2.85. The maximum atomic E-state index is 12.9. The molecule has 25 heavy (non-hydrogen) atoms. The van der Waals surface area contributed by atoms with Gasteiger partial charge in [-0.3, -0.25) is 9.59 Å². The fourth-order valence-electron chi connectivity index (χ4n) is 2.75. The summed E-state index contributed by atoms with van der Waals surface area (Å²) >= 11 is 5.89. The lowest BCUT2D eigenvalue weighted by Gasteiger charge is -2.06. The molecule has 0 radical (unpaired) electrons. The normalized spacial score (nSPS) is 10.4. The first kappa shape index (κ1) is 16.8. The molecule has 2 heterocycles. The number of ketones is 1. The van der Waals surface area contributed by atoms with E-state index in [1.165, 1.54) is 0 Å². The third kappa shape index (κ3) is 3.15. The van der Waals surface area contributed by atoms with E-state index in [0.29, 0.717) is 27.4 Å². The molecule has 0 fully saturated rings. The number of benzene rings is 1. The van der Waals surface area contributed by atoms with Crippen molar-refractivity contribution in [3.8, 4) is 12.3 Å². The second-order valence-corrected chi connectivity index (χ2v) is 5.99. The van der Waals surface area contributed by atoms with Gasteiger partial charge < -0.3 is 9.72 Å². The van der Waals surface area contributed by atoms with Crippen molar-refractivity contribution in [3.63, 3.8) is 0 Å². The molecule has 0 saturated carbocycles. The van der Waals surface area contributed by atoms with Crippen molar-refractivity contribution in [2.24, 2.45) is 0 Å². The molecular formula is C20H15ClN2O2. The molecule has 0 bridgehead atoms. The molecule has 0 saturated heterocycles.